The van der Waals surface area contributed by atoms with Crippen molar-refractivity contribution in [2.75, 3.05) is 7.11 Å². The number of aromatic nitrogens is 2. The van der Waals surface area contributed by atoms with E-state index in [0.717, 1.165) is 23.8 Å². The summed E-state index contributed by atoms with van der Waals surface area (Å²) in [6, 6.07) is 12.0. The third-order valence-corrected chi connectivity index (χ3v) is 3.56. The Morgan fingerprint density at radius 3 is 2.64 bits per heavy atom. The zero-order chi connectivity index (χ0) is 17.8. The van der Waals surface area contributed by atoms with Gasteiger partial charge in [0.05, 0.1) is 12.8 Å². The zero-order valence-corrected chi connectivity index (χ0v) is 13.3. The first-order chi connectivity index (χ1) is 12.0. The van der Waals surface area contributed by atoms with Gasteiger partial charge in [-0.1, -0.05) is 12.1 Å². The molecule has 25 heavy (non-hydrogen) atoms. The average Bonchev–Trinajstić information content (AvgIpc) is 3.09. The molecule has 0 aliphatic rings. The molecule has 0 unspecified atom stereocenters. The molecule has 0 saturated carbocycles. The number of rotatable bonds is 5. The molecular weight excluding hydrogens is 328 g/mol. The Balaban J connectivity index is 1.70. The molecule has 0 spiro atoms. The molecule has 1 amide bonds. The number of hydrogen-bond donors (Lipinski definition) is 2. The van der Waals surface area contributed by atoms with Crippen LogP contribution in [0.25, 0.3) is 11.3 Å². The number of methoxy groups -OCH3 is 1. The van der Waals surface area contributed by atoms with Crippen molar-refractivity contribution in [3.8, 4) is 17.0 Å². The van der Waals surface area contributed by atoms with Crippen molar-refractivity contribution in [3.63, 3.8) is 0 Å². The molecular formula is C18H15F2N3O2. The summed E-state index contributed by atoms with van der Waals surface area (Å²) in [5, 5.41) is 9.34. The molecule has 0 atom stereocenters. The van der Waals surface area contributed by atoms with Gasteiger partial charge >= 0.3 is 0 Å². The van der Waals surface area contributed by atoms with E-state index in [2.05, 4.69) is 15.5 Å². The summed E-state index contributed by atoms with van der Waals surface area (Å²) < 4.78 is 31.5. The van der Waals surface area contributed by atoms with Crippen molar-refractivity contribution < 1.29 is 18.3 Å². The summed E-state index contributed by atoms with van der Waals surface area (Å²) >= 11 is 0. The highest BCUT2D eigenvalue weighted by atomic mass is 19.1. The Bertz CT molecular complexity index is 889. The highest BCUT2D eigenvalue weighted by Crippen LogP contribution is 2.22. The Morgan fingerprint density at radius 2 is 1.92 bits per heavy atom. The summed E-state index contributed by atoms with van der Waals surface area (Å²) in [5.41, 5.74) is 1.95. The van der Waals surface area contributed by atoms with E-state index in [-0.39, 0.29) is 12.2 Å². The van der Waals surface area contributed by atoms with Crippen LogP contribution in [0.1, 0.15) is 16.1 Å². The molecule has 0 radical (unpaired) electrons. The van der Waals surface area contributed by atoms with Crippen molar-refractivity contribution in [2.24, 2.45) is 0 Å². The van der Waals surface area contributed by atoms with Crippen LogP contribution in [-0.4, -0.2) is 23.2 Å². The predicted octanol–water partition coefficient (Wildman–Crippen LogP) is 3.29. The van der Waals surface area contributed by atoms with Crippen molar-refractivity contribution >= 4 is 5.91 Å². The lowest BCUT2D eigenvalue weighted by Gasteiger charge is -2.04. The maximum Gasteiger partial charge on any atom is 0.269 e. The first-order valence-electron chi connectivity index (χ1n) is 7.48. The first-order valence-corrected chi connectivity index (χ1v) is 7.48. The molecule has 0 aliphatic heterocycles. The number of hydrogen-bond acceptors (Lipinski definition) is 3. The molecule has 7 heteroatoms. The summed E-state index contributed by atoms with van der Waals surface area (Å²) in [7, 11) is 1.57. The van der Waals surface area contributed by atoms with Crippen LogP contribution < -0.4 is 10.1 Å². The second-order valence-electron chi connectivity index (χ2n) is 5.36. The molecule has 2 aromatic carbocycles. The van der Waals surface area contributed by atoms with Gasteiger partial charge in [-0.15, -0.1) is 0 Å². The number of H-pyrrole nitrogens is 1. The van der Waals surface area contributed by atoms with Crippen molar-refractivity contribution in [2.45, 2.75) is 6.54 Å². The first kappa shape index (κ1) is 16.6. The minimum atomic E-state index is -0.689. The number of amides is 1. The van der Waals surface area contributed by atoms with Crippen LogP contribution >= 0.6 is 0 Å². The Kier molecular flexibility index (Phi) is 4.74. The van der Waals surface area contributed by atoms with Gasteiger partial charge in [-0.3, -0.25) is 9.89 Å². The van der Waals surface area contributed by atoms with Crippen LogP contribution in [0.2, 0.25) is 0 Å². The van der Waals surface area contributed by atoms with E-state index in [1.165, 1.54) is 0 Å². The molecule has 0 aliphatic carbocycles. The average molecular weight is 343 g/mol. The fourth-order valence-electron chi connectivity index (χ4n) is 2.36. The minimum absolute atomic E-state index is 0.00102. The normalized spacial score (nSPS) is 10.5. The monoisotopic (exact) mass is 343 g/mol. The predicted molar refractivity (Wildman–Crippen MR) is 88.1 cm³/mol. The molecule has 3 rings (SSSR count). The zero-order valence-electron chi connectivity index (χ0n) is 13.3. The van der Waals surface area contributed by atoms with Gasteiger partial charge in [-0.2, -0.15) is 5.10 Å². The number of carbonyl (C=O) groups excluding carboxylic acids is 1. The highest BCUT2D eigenvalue weighted by molar-refractivity contribution is 5.93. The third-order valence-electron chi connectivity index (χ3n) is 3.56. The van der Waals surface area contributed by atoms with Crippen molar-refractivity contribution in [1.29, 1.82) is 0 Å². The van der Waals surface area contributed by atoms with E-state index < -0.39 is 17.5 Å². The number of benzene rings is 2. The SMILES string of the molecule is COc1cccc(-c2cc(C(=O)NCc3cc(F)cc(F)c3)[nH]n2)c1. The van der Waals surface area contributed by atoms with Crippen LogP contribution in [-0.2, 0) is 6.54 Å². The van der Waals surface area contributed by atoms with Gasteiger partial charge < -0.3 is 10.1 Å². The summed E-state index contributed by atoms with van der Waals surface area (Å²) in [6.07, 6.45) is 0. The number of carbonyl (C=O) groups is 1. The molecule has 1 aromatic heterocycles. The van der Waals surface area contributed by atoms with Crippen LogP contribution in [0.15, 0.2) is 48.5 Å². The van der Waals surface area contributed by atoms with Gasteiger partial charge in [0.2, 0.25) is 0 Å². The quantitative estimate of drug-likeness (QED) is 0.747. The maximum absolute atomic E-state index is 13.1. The largest absolute Gasteiger partial charge is 0.497 e. The standard InChI is InChI=1S/C18H15F2N3O2/c1-25-15-4-2-3-12(7-15)16-9-17(23-22-16)18(24)21-10-11-5-13(19)8-14(20)6-11/h2-9H,10H2,1H3,(H,21,24)(H,22,23). The van der Waals surface area contributed by atoms with E-state index in [9.17, 15) is 13.6 Å². The van der Waals surface area contributed by atoms with Crippen LogP contribution in [0.3, 0.4) is 0 Å². The molecule has 0 bridgehead atoms. The number of aromatic amines is 1. The Hall–Kier alpha value is -3.22. The molecule has 1 heterocycles. The number of nitrogens with zero attached hydrogens (tertiary/aromatic N) is 1. The third kappa shape index (κ3) is 4.00. The van der Waals surface area contributed by atoms with Crippen LogP contribution in [0.5, 0.6) is 5.75 Å². The minimum Gasteiger partial charge on any atom is -0.497 e. The van der Waals surface area contributed by atoms with E-state index in [1.54, 1.807) is 19.2 Å². The fourth-order valence-corrected chi connectivity index (χ4v) is 2.36. The molecule has 0 saturated heterocycles. The fraction of sp³-hybridized carbons (Fsp3) is 0.111. The summed E-state index contributed by atoms with van der Waals surface area (Å²) in [4.78, 5) is 12.2. The number of halogens is 2. The van der Waals surface area contributed by atoms with Crippen LogP contribution in [0, 0.1) is 11.6 Å². The second-order valence-corrected chi connectivity index (χ2v) is 5.36. The lowest BCUT2D eigenvalue weighted by atomic mass is 10.1. The number of nitrogens with one attached hydrogen (secondary N) is 2. The van der Waals surface area contributed by atoms with E-state index in [0.29, 0.717) is 17.0 Å². The van der Waals surface area contributed by atoms with E-state index >= 15 is 0 Å². The lowest BCUT2D eigenvalue weighted by molar-refractivity contribution is 0.0945. The van der Waals surface area contributed by atoms with Crippen LogP contribution in [0.4, 0.5) is 8.78 Å². The van der Waals surface area contributed by atoms with Gasteiger partial charge in [-0.05, 0) is 35.9 Å². The lowest BCUT2D eigenvalue weighted by Crippen LogP contribution is -2.23. The van der Waals surface area contributed by atoms with Gasteiger partial charge in [0, 0.05) is 18.2 Å². The number of ether oxygens (including phenoxy) is 1. The van der Waals surface area contributed by atoms with Gasteiger partial charge in [0.15, 0.2) is 0 Å². The smallest absolute Gasteiger partial charge is 0.269 e. The van der Waals surface area contributed by atoms with Crippen molar-refractivity contribution in [3.05, 3.63) is 71.4 Å². The highest BCUT2D eigenvalue weighted by Gasteiger charge is 2.12. The molecule has 128 valence electrons. The maximum atomic E-state index is 13.1. The second kappa shape index (κ2) is 7.12. The van der Waals surface area contributed by atoms with Gasteiger partial charge in [-0.25, -0.2) is 8.78 Å². The van der Waals surface area contributed by atoms with E-state index in [1.807, 2.05) is 18.2 Å². The summed E-state index contributed by atoms with van der Waals surface area (Å²) in [6.45, 7) is 0.00102. The van der Waals surface area contributed by atoms with E-state index in [4.69, 9.17) is 4.74 Å². The molecule has 3 aromatic rings. The molecule has 5 nitrogen and oxygen atoms in total. The Morgan fingerprint density at radius 1 is 1.16 bits per heavy atom. The Labute approximate surface area is 142 Å². The van der Waals surface area contributed by atoms with Gasteiger partial charge in [0.1, 0.15) is 23.1 Å². The molecule has 0 fully saturated rings. The van der Waals surface area contributed by atoms with Gasteiger partial charge in [0.25, 0.3) is 5.91 Å². The topological polar surface area (TPSA) is 67.0 Å². The molecule has 2 N–H and O–H groups in total. The summed E-state index contributed by atoms with van der Waals surface area (Å²) in [5.74, 6) is -1.12. The van der Waals surface area contributed by atoms with Crippen molar-refractivity contribution in [1.82, 2.24) is 15.5 Å².